The Morgan fingerprint density at radius 2 is 1.50 bits per heavy atom. The lowest BCUT2D eigenvalue weighted by molar-refractivity contribution is -0.124. The Morgan fingerprint density at radius 3 is 2.17 bits per heavy atom. The van der Waals surface area contributed by atoms with Crippen LogP contribution in [0.1, 0.15) is 16.8 Å². The van der Waals surface area contributed by atoms with Crippen LogP contribution in [0.15, 0.2) is 60.7 Å². The van der Waals surface area contributed by atoms with Crippen LogP contribution in [-0.4, -0.2) is 17.8 Å². The number of para-hydroxylation sites is 2. The van der Waals surface area contributed by atoms with Crippen molar-refractivity contribution in [3.63, 3.8) is 0 Å². The Bertz CT molecular complexity index is 1110. The van der Waals surface area contributed by atoms with E-state index in [1.807, 2.05) is 0 Å². The van der Waals surface area contributed by atoms with E-state index < -0.39 is 5.97 Å². The van der Waals surface area contributed by atoms with E-state index in [1.165, 1.54) is 4.90 Å². The van der Waals surface area contributed by atoms with Crippen LogP contribution in [0.4, 0.5) is 5.69 Å². The molecule has 0 N–H and O–H groups in total. The van der Waals surface area contributed by atoms with Gasteiger partial charge in [-0.05, 0) is 54.4 Å². The molecule has 2 amide bonds. The average molecular weight is 420 g/mol. The third-order valence-electron chi connectivity index (χ3n) is 7.07. The fourth-order valence-electron chi connectivity index (χ4n) is 5.70. The number of rotatable bonds is 3. The summed E-state index contributed by atoms with van der Waals surface area (Å²) in [5, 5.41) is 0.279. The summed E-state index contributed by atoms with van der Waals surface area (Å²) in [5.41, 5.74) is 0.541. The van der Waals surface area contributed by atoms with Gasteiger partial charge in [-0.1, -0.05) is 48.0 Å². The van der Waals surface area contributed by atoms with Gasteiger partial charge >= 0.3 is 5.97 Å². The Kier molecular flexibility index (Phi) is 3.75. The second-order valence-corrected chi connectivity index (χ2v) is 8.91. The second kappa shape index (κ2) is 6.29. The zero-order valence-electron chi connectivity index (χ0n) is 15.9. The molecule has 0 radical (unpaired) electrons. The Labute approximate surface area is 178 Å². The SMILES string of the molecule is O=C(Oc1ccccc1N1C(=O)[C@@H]2[C@H]3C=C[C@@H]([C@@H]4C[C@@H]34)[C@@H]2C1=O)c1ccccc1Cl. The maximum Gasteiger partial charge on any atom is 0.345 e. The molecule has 5 nitrogen and oxygen atoms in total. The van der Waals surface area contributed by atoms with Crippen LogP contribution in [-0.2, 0) is 9.59 Å². The molecule has 6 heteroatoms. The molecule has 7 rings (SSSR count). The van der Waals surface area contributed by atoms with Gasteiger partial charge in [0.1, 0.15) is 0 Å². The molecule has 3 fully saturated rings. The molecular formula is C24H18ClNO4. The maximum absolute atomic E-state index is 13.4. The van der Waals surface area contributed by atoms with Crippen LogP contribution in [0.25, 0.3) is 0 Å². The molecule has 30 heavy (non-hydrogen) atoms. The predicted octanol–water partition coefficient (Wildman–Crippen LogP) is 4.12. The number of nitrogens with zero attached hydrogens (tertiary/aromatic N) is 1. The lowest BCUT2D eigenvalue weighted by Crippen LogP contribution is -2.40. The molecule has 1 heterocycles. The number of carbonyl (C=O) groups is 3. The van der Waals surface area contributed by atoms with Gasteiger partial charge in [0.15, 0.2) is 5.75 Å². The number of ether oxygens (including phenoxy) is 1. The molecule has 2 aromatic carbocycles. The molecule has 0 unspecified atom stereocenters. The third kappa shape index (κ3) is 2.39. The molecule has 6 atom stereocenters. The van der Waals surface area contributed by atoms with Gasteiger partial charge in [-0.3, -0.25) is 9.59 Å². The minimum absolute atomic E-state index is 0.143. The molecule has 1 aliphatic heterocycles. The van der Waals surface area contributed by atoms with Gasteiger partial charge in [-0.15, -0.1) is 0 Å². The van der Waals surface area contributed by atoms with Crippen molar-refractivity contribution < 1.29 is 19.1 Å². The van der Waals surface area contributed by atoms with E-state index in [0.717, 1.165) is 6.42 Å². The smallest absolute Gasteiger partial charge is 0.345 e. The largest absolute Gasteiger partial charge is 0.421 e. The normalized spacial score (nSPS) is 32.8. The highest BCUT2D eigenvalue weighted by Crippen LogP contribution is 2.65. The summed E-state index contributed by atoms with van der Waals surface area (Å²) in [5.74, 6) is -0.0779. The molecule has 2 saturated carbocycles. The van der Waals surface area contributed by atoms with Crippen LogP contribution in [0.2, 0.25) is 5.02 Å². The summed E-state index contributed by atoms with van der Waals surface area (Å²) >= 11 is 6.11. The predicted molar refractivity (Wildman–Crippen MR) is 110 cm³/mol. The zero-order chi connectivity index (χ0) is 20.6. The Hall–Kier alpha value is -2.92. The summed E-state index contributed by atoms with van der Waals surface area (Å²) < 4.78 is 5.59. The lowest BCUT2D eigenvalue weighted by atomic mass is 9.63. The second-order valence-electron chi connectivity index (χ2n) is 8.50. The van der Waals surface area contributed by atoms with Gasteiger partial charge in [0.2, 0.25) is 11.8 Å². The van der Waals surface area contributed by atoms with Crippen molar-refractivity contribution in [3.05, 3.63) is 71.3 Å². The summed E-state index contributed by atoms with van der Waals surface area (Å²) in [6, 6.07) is 13.3. The quantitative estimate of drug-likeness (QED) is 0.325. The summed E-state index contributed by atoms with van der Waals surface area (Å²) in [4.78, 5) is 40.7. The molecule has 4 aliphatic carbocycles. The molecule has 150 valence electrons. The molecule has 2 bridgehead atoms. The van der Waals surface area contributed by atoms with E-state index in [0.29, 0.717) is 17.5 Å². The number of benzene rings is 2. The fraction of sp³-hybridized carbons (Fsp3) is 0.292. The van der Waals surface area contributed by atoms with E-state index >= 15 is 0 Å². The van der Waals surface area contributed by atoms with E-state index in [9.17, 15) is 14.4 Å². The first-order chi connectivity index (χ1) is 14.6. The van der Waals surface area contributed by atoms with E-state index in [1.54, 1.807) is 48.5 Å². The first-order valence-corrected chi connectivity index (χ1v) is 10.6. The molecule has 0 spiro atoms. The number of amides is 2. The van der Waals surface area contributed by atoms with E-state index in [2.05, 4.69) is 12.2 Å². The molecular weight excluding hydrogens is 402 g/mol. The first kappa shape index (κ1) is 17.9. The van der Waals surface area contributed by atoms with Crippen LogP contribution >= 0.6 is 11.6 Å². The third-order valence-corrected chi connectivity index (χ3v) is 7.39. The first-order valence-electron chi connectivity index (χ1n) is 10.2. The highest BCUT2D eigenvalue weighted by atomic mass is 35.5. The number of esters is 1. The highest BCUT2D eigenvalue weighted by Gasteiger charge is 2.67. The number of hydrogen-bond donors (Lipinski definition) is 0. The molecule has 1 saturated heterocycles. The molecule has 5 aliphatic rings. The van der Waals surface area contributed by atoms with Crippen molar-refractivity contribution in [3.8, 4) is 5.75 Å². The van der Waals surface area contributed by atoms with Crippen molar-refractivity contribution in [2.45, 2.75) is 6.42 Å². The number of hydrogen-bond acceptors (Lipinski definition) is 4. The van der Waals surface area contributed by atoms with Crippen LogP contribution in [0, 0.1) is 35.5 Å². The van der Waals surface area contributed by atoms with E-state index in [4.69, 9.17) is 16.3 Å². The van der Waals surface area contributed by atoms with Gasteiger partial charge in [-0.2, -0.15) is 0 Å². The maximum atomic E-state index is 13.4. The van der Waals surface area contributed by atoms with Crippen LogP contribution < -0.4 is 9.64 Å². The Morgan fingerprint density at radius 1 is 0.900 bits per heavy atom. The van der Waals surface area contributed by atoms with Crippen molar-refractivity contribution in [2.24, 2.45) is 35.5 Å². The van der Waals surface area contributed by atoms with Crippen molar-refractivity contribution in [2.75, 3.05) is 4.90 Å². The molecule has 2 aromatic rings. The number of anilines is 1. The number of halogens is 1. The topological polar surface area (TPSA) is 63.7 Å². The Balaban J connectivity index is 1.35. The van der Waals surface area contributed by atoms with Gasteiger partial charge < -0.3 is 4.74 Å². The summed E-state index contributed by atoms with van der Waals surface area (Å²) in [6.07, 6.45) is 5.39. The lowest BCUT2D eigenvalue weighted by Gasteiger charge is -2.37. The van der Waals surface area contributed by atoms with Gasteiger partial charge in [0.25, 0.3) is 0 Å². The van der Waals surface area contributed by atoms with Crippen molar-refractivity contribution in [1.29, 1.82) is 0 Å². The monoisotopic (exact) mass is 419 g/mol. The van der Waals surface area contributed by atoms with Crippen molar-refractivity contribution in [1.82, 2.24) is 0 Å². The summed E-state index contributed by atoms with van der Waals surface area (Å²) in [7, 11) is 0. The number of allylic oxidation sites excluding steroid dienone is 2. The minimum atomic E-state index is -0.632. The number of imide groups is 1. The van der Waals surface area contributed by atoms with Gasteiger partial charge in [0, 0.05) is 0 Å². The zero-order valence-corrected chi connectivity index (χ0v) is 16.7. The number of carbonyl (C=O) groups excluding carboxylic acids is 3. The highest BCUT2D eigenvalue weighted by molar-refractivity contribution is 6.33. The average Bonchev–Trinajstić information content (AvgIpc) is 3.53. The van der Waals surface area contributed by atoms with E-state index in [-0.39, 0.29) is 51.8 Å². The van der Waals surface area contributed by atoms with Gasteiger partial charge in [0.05, 0.1) is 28.1 Å². The van der Waals surface area contributed by atoms with Crippen molar-refractivity contribution >= 4 is 35.1 Å². The van der Waals surface area contributed by atoms with Crippen LogP contribution in [0.5, 0.6) is 5.75 Å². The summed E-state index contributed by atoms with van der Waals surface area (Å²) in [6.45, 7) is 0. The van der Waals surface area contributed by atoms with Crippen LogP contribution in [0.3, 0.4) is 0 Å². The van der Waals surface area contributed by atoms with Gasteiger partial charge in [-0.25, -0.2) is 9.69 Å². The fourth-order valence-corrected chi connectivity index (χ4v) is 5.92. The standard InChI is InChI=1S/C24H18ClNO4/c25-17-6-2-1-5-14(17)24(29)30-19-8-4-3-7-18(19)26-22(27)20-12-9-10-13(16-11-15(12)16)21(20)23(26)28/h1-10,12-13,15-16,20-21H,11H2/t12-,13-,15-,16-,20-,21+/m0/s1. The molecule has 0 aromatic heterocycles. The minimum Gasteiger partial charge on any atom is -0.421 e.